The Hall–Kier alpha value is -1.38. The van der Waals surface area contributed by atoms with Crippen LogP contribution in [-0.2, 0) is 0 Å². The zero-order valence-electron chi connectivity index (χ0n) is 22.5. The number of halogens is 2. The molecule has 0 amide bonds. The zero-order valence-corrected chi connectivity index (χ0v) is 22.5. The fourth-order valence-electron chi connectivity index (χ4n) is 6.47. The third-order valence-electron chi connectivity index (χ3n) is 8.72. The van der Waals surface area contributed by atoms with Gasteiger partial charge in [-0.3, -0.25) is 0 Å². The van der Waals surface area contributed by atoms with Crippen LogP contribution in [0.15, 0.2) is 24.3 Å². The minimum Gasteiger partial charge on any atom is -0.490 e. The van der Waals surface area contributed by atoms with Crippen LogP contribution in [0.25, 0.3) is 0 Å². The summed E-state index contributed by atoms with van der Waals surface area (Å²) in [6, 6.07) is 3.45. The van der Waals surface area contributed by atoms with Gasteiger partial charge in [-0.15, -0.1) is 0 Å². The van der Waals surface area contributed by atoms with E-state index in [0.29, 0.717) is 12.2 Å². The molecule has 1 nitrogen and oxygen atoms in total. The number of rotatable bonds is 14. The van der Waals surface area contributed by atoms with Crippen LogP contribution in [0.1, 0.15) is 134 Å². The van der Waals surface area contributed by atoms with Crippen molar-refractivity contribution in [3.63, 3.8) is 0 Å². The van der Waals surface area contributed by atoms with Crippen molar-refractivity contribution in [3.8, 4) is 5.75 Å². The van der Waals surface area contributed by atoms with Crippen LogP contribution in [0.5, 0.6) is 5.75 Å². The summed E-state index contributed by atoms with van der Waals surface area (Å²) in [5.41, 5.74) is 0.565. The van der Waals surface area contributed by atoms with Crippen molar-refractivity contribution in [3.05, 3.63) is 41.5 Å². The quantitative estimate of drug-likeness (QED) is 0.187. The van der Waals surface area contributed by atoms with Crippen molar-refractivity contribution in [2.24, 2.45) is 17.8 Å². The maximum Gasteiger partial charge on any atom is 0.200 e. The smallest absolute Gasteiger partial charge is 0.200 e. The minimum atomic E-state index is -0.789. The summed E-state index contributed by atoms with van der Waals surface area (Å²) >= 11 is 0. The standard InChI is InChI=1S/C32H50F2O/c1-3-5-7-8-9-10-12-24-35-30-23-22-29(31(33)32(30)34)28-20-18-27(19-21-28)26-16-14-25(15-17-26)13-11-6-4-2/h6,11,22-23,25-28H,3-5,7-10,12-21,24H2,1-2H3/b11-6-. The molecule has 0 unspecified atom stereocenters. The number of ether oxygens (including phenoxy) is 1. The van der Waals surface area contributed by atoms with Gasteiger partial charge in [0, 0.05) is 0 Å². The van der Waals surface area contributed by atoms with Crippen molar-refractivity contribution in [2.75, 3.05) is 6.61 Å². The van der Waals surface area contributed by atoms with E-state index in [2.05, 4.69) is 26.0 Å². The first-order valence-corrected chi connectivity index (χ1v) is 14.9. The third-order valence-corrected chi connectivity index (χ3v) is 8.72. The Labute approximate surface area is 214 Å². The molecule has 1 aromatic carbocycles. The average Bonchev–Trinajstić information content (AvgIpc) is 2.89. The van der Waals surface area contributed by atoms with Gasteiger partial charge in [0.2, 0.25) is 5.82 Å². The molecule has 0 aromatic heterocycles. The SMILES string of the molecule is CC/C=C\CC1CCC(C2CCC(c3ccc(OCCCCCCCCC)c(F)c3F)CC2)CC1. The van der Waals surface area contributed by atoms with Gasteiger partial charge >= 0.3 is 0 Å². The monoisotopic (exact) mass is 488 g/mol. The van der Waals surface area contributed by atoms with Gasteiger partial charge in [0.25, 0.3) is 0 Å². The molecule has 3 heteroatoms. The van der Waals surface area contributed by atoms with E-state index < -0.39 is 11.6 Å². The molecule has 2 aliphatic rings. The molecule has 35 heavy (non-hydrogen) atoms. The molecule has 0 saturated heterocycles. The summed E-state index contributed by atoms with van der Waals surface area (Å²) in [6.07, 6.45) is 25.1. The predicted molar refractivity (Wildman–Crippen MR) is 144 cm³/mol. The van der Waals surface area contributed by atoms with E-state index in [1.54, 1.807) is 12.1 Å². The van der Waals surface area contributed by atoms with E-state index in [0.717, 1.165) is 62.7 Å². The van der Waals surface area contributed by atoms with Crippen molar-refractivity contribution >= 4 is 0 Å². The predicted octanol–water partition coefficient (Wildman–Crippen LogP) is 10.5. The Bertz CT molecular complexity index is 742. The first-order valence-electron chi connectivity index (χ1n) is 14.9. The first-order chi connectivity index (χ1) is 17.1. The van der Waals surface area contributed by atoms with Crippen molar-refractivity contribution < 1.29 is 13.5 Å². The average molecular weight is 489 g/mol. The molecule has 0 N–H and O–H groups in total. The Kier molecular flexibility index (Phi) is 12.6. The molecule has 0 aliphatic heterocycles. The van der Waals surface area contributed by atoms with E-state index in [4.69, 9.17) is 4.74 Å². The lowest BCUT2D eigenvalue weighted by Crippen LogP contribution is -2.25. The molecule has 2 saturated carbocycles. The molecule has 2 aliphatic carbocycles. The lowest BCUT2D eigenvalue weighted by atomic mass is 9.68. The number of benzene rings is 1. The molecule has 0 bridgehead atoms. The van der Waals surface area contributed by atoms with Crippen LogP contribution in [0.3, 0.4) is 0 Å². The molecular weight excluding hydrogens is 438 g/mol. The Morgan fingerprint density at radius 3 is 2.03 bits per heavy atom. The fourth-order valence-corrected chi connectivity index (χ4v) is 6.47. The summed E-state index contributed by atoms with van der Waals surface area (Å²) < 4.78 is 35.3. The zero-order chi connectivity index (χ0) is 24.9. The molecule has 0 heterocycles. The van der Waals surface area contributed by atoms with E-state index in [1.165, 1.54) is 64.2 Å². The Morgan fingerprint density at radius 1 is 0.743 bits per heavy atom. The van der Waals surface area contributed by atoms with Crippen LogP contribution in [0.2, 0.25) is 0 Å². The van der Waals surface area contributed by atoms with Crippen LogP contribution in [0.4, 0.5) is 8.78 Å². The van der Waals surface area contributed by atoms with Crippen LogP contribution in [0, 0.1) is 29.4 Å². The van der Waals surface area contributed by atoms with Crippen LogP contribution in [-0.4, -0.2) is 6.61 Å². The first kappa shape index (κ1) is 28.2. The highest BCUT2D eigenvalue weighted by Crippen LogP contribution is 2.45. The van der Waals surface area contributed by atoms with Gasteiger partial charge in [-0.25, -0.2) is 4.39 Å². The second-order valence-electron chi connectivity index (χ2n) is 11.3. The highest BCUT2D eigenvalue weighted by molar-refractivity contribution is 5.33. The maximum absolute atomic E-state index is 15.0. The highest BCUT2D eigenvalue weighted by atomic mass is 19.2. The number of hydrogen-bond acceptors (Lipinski definition) is 1. The minimum absolute atomic E-state index is 0.0801. The molecule has 1 aromatic rings. The molecule has 0 spiro atoms. The van der Waals surface area contributed by atoms with Gasteiger partial charge in [-0.2, -0.15) is 4.39 Å². The summed E-state index contributed by atoms with van der Waals surface area (Å²) in [6.45, 7) is 4.88. The Morgan fingerprint density at radius 2 is 1.37 bits per heavy atom. The molecule has 0 atom stereocenters. The lowest BCUT2D eigenvalue weighted by molar-refractivity contribution is 0.160. The molecule has 0 radical (unpaired) electrons. The lowest BCUT2D eigenvalue weighted by Gasteiger charge is -2.38. The van der Waals surface area contributed by atoms with Crippen LogP contribution >= 0.6 is 0 Å². The van der Waals surface area contributed by atoms with Crippen molar-refractivity contribution in [2.45, 2.75) is 129 Å². The van der Waals surface area contributed by atoms with Gasteiger partial charge in [-0.1, -0.05) is 70.6 Å². The molecule has 3 rings (SSSR count). The van der Waals surface area contributed by atoms with Gasteiger partial charge in [0.15, 0.2) is 11.6 Å². The van der Waals surface area contributed by atoms with Gasteiger partial charge in [0.05, 0.1) is 6.61 Å². The second-order valence-corrected chi connectivity index (χ2v) is 11.3. The second kappa shape index (κ2) is 15.7. The number of allylic oxidation sites excluding steroid dienone is 2. The number of hydrogen-bond donors (Lipinski definition) is 0. The third kappa shape index (κ3) is 8.90. The van der Waals surface area contributed by atoms with E-state index >= 15 is 0 Å². The Balaban J connectivity index is 1.39. The highest BCUT2D eigenvalue weighted by Gasteiger charge is 2.32. The molecule has 2 fully saturated rings. The molecule has 198 valence electrons. The van der Waals surface area contributed by atoms with Gasteiger partial charge in [-0.05, 0) is 106 Å². The number of unbranched alkanes of at least 4 members (excludes halogenated alkanes) is 6. The van der Waals surface area contributed by atoms with E-state index in [1.807, 2.05) is 0 Å². The largest absolute Gasteiger partial charge is 0.490 e. The summed E-state index contributed by atoms with van der Waals surface area (Å²) in [4.78, 5) is 0. The maximum atomic E-state index is 15.0. The van der Waals surface area contributed by atoms with Gasteiger partial charge in [0.1, 0.15) is 0 Å². The summed E-state index contributed by atoms with van der Waals surface area (Å²) in [5.74, 6) is 1.25. The molecular formula is C32H50F2O. The van der Waals surface area contributed by atoms with E-state index in [-0.39, 0.29) is 11.7 Å². The summed E-state index contributed by atoms with van der Waals surface area (Å²) in [7, 11) is 0. The van der Waals surface area contributed by atoms with Gasteiger partial charge < -0.3 is 4.74 Å². The normalized spacial score (nSPS) is 25.3. The van der Waals surface area contributed by atoms with E-state index in [9.17, 15) is 8.78 Å². The topological polar surface area (TPSA) is 9.23 Å². The summed E-state index contributed by atoms with van der Waals surface area (Å²) in [5, 5.41) is 0. The van der Waals surface area contributed by atoms with Crippen LogP contribution < -0.4 is 4.74 Å². The van der Waals surface area contributed by atoms with Crippen molar-refractivity contribution in [1.29, 1.82) is 0 Å². The van der Waals surface area contributed by atoms with Crippen molar-refractivity contribution in [1.82, 2.24) is 0 Å². The fraction of sp³-hybridized carbons (Fsp3) is 0.750.